The van der Waals surface area contributed by atoms with Crippen molar-refractivity contribution < 1.29 is 0 Å². The van der Waals surface area contributed by atoms with Gasteiger partial charge in [0.15, 0.2) is 0 Å². The van der Waals surface area contributed by atoms with Crippen LogP contribution < -0.4 is 10.4 Å². The number of nitrogens with zero attached hydrogens (tertiary/aromatic N) is 1. The number of pyridine rings is 1. The van der Waals surface area contributed by atoms with Gasteiger partial charge in [-0.2, -0.15) is 0 Å². The van der Waals surface area contributed by atoms with Crippen LogP contribution in [0, 0.1) is 27.7 Å². The minimum absolute atomic E-state index is 1.01. The summed E-state index contributed by atoms with van der Waals surface area (Å²) in [7, 11) is 0. The second-order valence-electron chi connectivity index (χ2n) is 14.4. The average Bonchev–Trinajstić information content (AvgIpc) is 3.14. The molecule has 0 bridgehead atoms. The van der Waals surface area contributed by atoms with Crippen LogP contribution in [0.1, 0.15) is 36.1 Å². The Balaban J connectivity index is 0.000000164. The SMILES string of the molecule is C=c1/c(=C\C=C(C)C)ccc2ccc(-c3cc(C)cc(C)c3)cc12.Cc1cc(C)cc(-c2ccc3ccc4ccc(-c5ccccc5)nc4c3c2)c1. The highest BCUT2D eigenvalue weighted by Crippen LogP contribution is 2.32. The van der Waals surface area contributed by atoms with Crippen molar-refractivity contribution in [2.75, 3.05) is 0 Å². The standard InChI is InChI=1S/C27H21N.C24H24/c1-18-14-19(2)16-24(15-18)23-11-9-20-8-10-22-12-13-26(21-6-4-3-5-7-21)28-27(22)25(20)17-23;1-16(2)6-7-20-8-9-21-10-11-22(15-24(21)19(20)5)23-13-17(3)12-18(4)14-23/h3-17H,1-2H3;6-15H,5H2,1-4H3/b;20-7-. The lowest BCUT2D eigenvalue weighted by atomic mass is 9.97. The molecule has 52 heavy (non-hydrogen) atoms. The number of hydrogen-bond donors (Lipinski definition) is 0. The van der Waals surface area contributed by atoms with Crippen LogP contribution in [0.4, 0.5) is 0 Å². The van der Waals surface area contributed by atoms with E-state index < -0.39 is 0 Å². The number of hydrogen-bond acceptors (Lipinski definition) is 1. The van der Waals surface area contributed by atoms with Gasteiger partial charge in [-0.3, -0.25) is 0 Å². The van der Waals surface area contributed by atoms with Gasteiger partial charge in [-0.25, -0.2) is 4.98 Å². The van der Waals surface area contributed by atoms with E-state index in [0.29, 0.717) is 0 Å². The summed E-state index contributed by atoms with van der Waals surface area (Å²) in [5.74, 6) is 0. The van der Waals surface area contributed by atoms with Gasteiger partial charge >= 0.3 is 0 Å². The molecule has 1 heterocycles. The Hall–Kier alpha value is -6.05. The molecule has 0 radical (unpaired) electrons. The third-order valence-electron chi connectivity index (χ3n) is 9.62. The Kier molecular flexibility index (Phi) is 9.70. The molecule has 8 rings (SSSR count). The third kappa shape index (κ3) is 7.50. The second-order valence-corrected chi connectivity index (χ2v) is 14.4. The van der Waals surface area contributed by atoms with Gasteiger partial charge in [0.25, 0.3) is 0 Å². The predicted molar refractivity (Wildman–Crippen MR) is 227 cm³/mol. The van der Waals surface area contributed by atoms with Crippen molar-refractivity contribution in [2.45, 2.75) is 41.5 Å². The molecule has 0 N–H and O–H groups in total. The molecule has 1 heteroatoms. The van der Waals surface area contributed by atoms with Gasteiger partial charge < -0.3 is 0 Å². The van der Waals surface area contributed by atoms with Crippen LogP contribution in [0.3, 0.4) is 0 Å². The molecule has 0 atom stereocenters. The zero-order valence-electron chi connectivity index (χ0n) is 31.1. The molecular formula is C51H45N. The Morgan fingerprint density at radius 3 is 1.58 bits per heavy atom. The third-order valence-corrected chi connectivity index (χ3v) is 9.62. The molecule has 0 unspecified atom stereocenters. The summed E-state index contributed by atoms with van der Waals surface area (Å²) in [5, 5.41) is 8.33. The smallest absolute Gasteiger partial charge is 0.0788 e. The van der Waals surface area contributed by atoms with Crippen molar-refractivity contribution in [2.24, 2.45) is 0 Å². The molecule has 1 nitrogen and oxygen atoms in total. The number of aryl methyl sites for hydroxylation is 4. The molecule has 254 valence electrons. The highest BCUT2D eigenvalue weighted by molar-refractivity contribution is 6.07. The van der Waals surface area contributed by atoms with Crippen LogP contribution in [0.15, 0.2) is 151 Å². The van der Waals surface area contributed by atoms with E-state index in [1.807, 2.05) is 6.07 Å². The predicted octanol–water partition coefficient (Wildman–Crippen LogP) is 12.6. The minimum Gasteiger partial charge on any atom is -0.247 e. The normalized spacial score (nSPS) is 11.5. The molecule has 0 amide bonds. The topological polar surface area (TPSA) is 12.9 Å². The van der Waals surface area contributed by atoms with Crippen LogP contribution in [0.5, 0.6) is 0 Å². The lowest BCUT2D eigenvalue weighted by Crippen LogP contribution is -2.23. The Morgan fingerprint density at radius 2 is 0.981 bits per heavy atom. The van der Waals surface area contributed by atoms with Crippen molar-refractivity contribution in [3.05, 3.63) is 184 Å². The van der Waals surface area contributed by atoms with Crippen LogP contribution in [0.25, 0.3) is 78.6 Å². The highest BCUT2D eigenvalue weighted by Gasteiger charge is 2.08. The van der Waals surface area contributed by atoms with Crippen molar-refractivity contribution in [1.82, 2.24) is 4.98 Å². The molecule has 0 aliphatic carbocycles. The molecule has 8 aromatic rings. The molecule has 0 saturated heterocycles. The van der Waals surface area contributed by atoms with Gasteiger partial charge in [-0.05, 0) is 109 Å². The number of fused-ring (bicyclic) bond motifs is 4. The molecule has 1 aromatic heterocycles. The monoisotopic (exact) mass is 671 g/mol. The maximum atomic E-state index is 5.04. The summed E-state index contributed by atoms with van der Waals surface area (Å²) in [4.78, 5) is 5.04. The van der Waals surface area contributed by atoms with E-state index in [4.69, 9.17) is 4.98 Å². The molecule has 0 aliphatic rings. The molecule has 0 aliphatic heterocycles. The first-order valence-electron chi connectivity index (χ1n) is 18.0. The Morgan fingerprint density at radius 1 is 0.481 bits per heavy atom. The van der Waals surface area contributed by atoms with Crippen LogP contribution in [-0.2, 0) is 0 Å². The zero-order valence-corrected chi connectivity index (χ0v) is 31.1. The molecular weight excluding hydrogens is 627 g/mol. The van der Waals surface area contributed by atoms with E-state index in [1.54, 1.807) is 0 Å². The maximum absolute atomic E-state index is 5.04. The van der Waals surface area contributed by atoms with Crippen LogP contribution >= 0.6 is 0 Å². The number of allylic oxidation sites excluding steroid dienone is 2. The van der Waals surface area contributed by atoms with Gasteiger partial charge in [0.05, 0.1) is 11.2 Å². The van der Waals surface area contributed by atoms with Crippen LogP contribution in [0.2, 0.25) is 0 Å². The van der Waals surface area contributed by atoms with E-state index in [0.717, 1.165) is 22.0 Å². The van der Waals surface area contributed by atoms with Crippen LogP contribution in [-0.4, -0.2) is 4.98 Å². The van der Waals surface area contributed by atoms with Gasteiger partial charge in [-0.15, -0.1) is 0 Å². The Labute approximate surface area is 308 Å². The summed E-state index contributed by atoms with van der Waals surface area (Å²) < 4.78 is 0. The first-order chi connectivity index (χ1) is 25.1. The fraction of sp³-hybridized carbons (Fsp3) is 0.118. The summed E-state index contributed by atoms with van der Waals surface area (Å²) in [6, 6.07) is 50.1. The van der Waals surface area contributed by atoms with Crippen molar-refractivity contribution in [1.29, 1.82) is 0 Å². The van der Waals surface area contributed by atoms with E-state index in [1.165, 1.54) is 82.2 Å². The van der Waals surface area contributed by atoms with Crippen molar-refractivity contribution in [3.8, 4) is 33.5 Å². The fourth-order valence-electron chi connectivity index (χ4n) is 7.13. The lowest BCUT2D eigenvalue weighted by Gasteiger charge is -2.10. The first-order valence-corrected chi connectivity index (χ1v) is 18.0. The molecule has 7 aromatic carbocycles. The molecule has 0 spiro atoms. The lowest BCUT2D eigenvalue weighted by molar-refractivity contribution is 1.38. The average molecular weight is 672 g/mol. The summed E-state index contributed by atoms with van der Waals surface area (Å²) >= 11 is 0. The minimum atomic E-state index is 1.01. The largest absolute Gasteiger partial charge is 0.247 e. The van der Waals surface area contributed by atoms with E-state index in [-0.39, 0.29) is 0 Å². The fourth-order valence-corrected chi connectivity index (χ4v) is 7.13. The highest BCUT2D eigenvalue weighted by atomic mass is 14.7. The van der Waals surface area contributed by atoms with Crippen molar-refractivity contribution in [3.63, 3.8) is 0 Å². The van der Waals surface area contributed by atoms with E-state index >= 15 is 0 Å². The maximum Gasteiger partial charge on any atom is 0.0788 e. The van der Waals surface area contributed by atoms with E-state index in [9.17, 15) is 0 Å². The molecule has 0 fully saturated rings. The summed E-state index contributed by atoms with van der Waals surface area (Å²) in [6.07, 6.45) is 4.30. The number of aromatic nitrogens is 1. The van der Waals surface area contributed by atoms with Gasteiger partial charge in [-0.1, -0.05) is 168 Å². The number of benzene rings is 7. The Bertz CT molecular complexity index is 2700. The molecule has 0 saturated carbocycles. The first kappa shape index (κ1) is 34.4. The van der Waals surface area contributed by atoms with Gasteiger partial charge in [0.1, 0.15) is 0 Å². The van der Waals surface area contributed by atoms with E-state index in [2.05, 4.69) is 194 Å². The zero-order chi connectivity index (χ0) is 36.4. The van der Waals surface area contributed by atoms with Gasteiger partial charge in [0, 0.05) is 16.3 Å². The second kappa shape index (κ2) is 14.7. The van der Waals surface area contributed by atoms with Gasteiger partial charge in [0.2, 0.25) is 0 Å². The quantitative estimate of drug-likeness (QED) is 0.170. The van der Waals surface area contributed by atoms with Crippen molar-refractivity contribution >= 4 is 45.1 Å². The summed E-state index contributed by atoms with van der Waals surface area (Å²) in [6.45, 7) is 17.2. The summed E-state index contributed by atoms with van der Waals surface area (Å²) in [5.41, 5.74) is 14.7. The number of rotatable bonds is 4.